The fourth-order valence-corrected chi connectivity index (χ4v) is 1.08. The summed E-state index contributed by atoms with van der Waals surface area (Å²) in [5.74, 6) is -0.840. The van der Waals surface area contributed by atoms with Crippen molar-refractivity contribution in [2.75, 3.05) is 5.75 Å². The van der Waals surface area contributed by atoms with Crippen molar-refractivity contribution in [2.24, 2.45) is 0 Å². The Morgan fingerprint density at radius 2 is 1.55 bits per heavy atom. The molecule has 0 aromatic rings. The summed E-state index contributed by atoms with van der Waals surface area (Å²) < 4.78 is 55.8. The van der Waals surface area contributed by atoms with Gasteiger partial charge in [-0.25, -0.2) is 0 Å². The lowest BCUT2D eigenvalue weighted by Crippen LogP contribution is -2.01. The first-order chi connectivity index (χ1) is 4.71. The van der Waals surface area contributed by atoms with Gasteiger partial charge in [-0.05, 0) is 0 Å². The maximum Gasteiger partial charge on any atom is 0.287 e. The van der Waals surface area contributed by atoms with E-state index in [1.807, 2.05) is 0 Å². The zero-order valence-electron chi connectivity index (χ0n) is 5.21. The standard InChI is InChI=1S/C3H6O6S2/c4-10(5,6)2-1-3-11(7,8)9/h1-2H,3H2,(H,4,5,6)(H,7,8,9). The molecule has 0 spiro atoms. The SMILES string of the molecule is O=S(=O)(O)C=CCS(=O)(=O)O. The lowest BCUT2D eigenvalue weighted by molar-refractivity contribution is 0.487. The lowest BCUT2D eigenvalue weighted by Gasteiger charge is -1.86. The van der Waals surface area contributed by atoms with Gasteiger partial charge in [0.25, 0.3) is 20.2 Å². The summed E-state index contributed by atoms with van der Waals surface area (Å²) in [5.41, 5.74) is 0. The minimum absolute atomic E-state index is 0.279. The summed E-state index contributed by atoms with van der Waals surface area (Å²) >= 11 is 0. The summed E-state index contributed by atoms with van der Waals surface area (Å²) in [7, 11) is -8.51. The molecule has 0 unspecified atom stereocenters. The van der Waals surface area contributed by atoms with Gasteiger partial charge in [-0.15, -0.1) is 0 Å². The van der Waals surface area contributed by atoms with Crippen molar-refractivity contribution in [3.63, 3.8) is 0 Å². The highest BCUT2D eigenvalue weighted by atomic mass is 32.2. The smallest absolute Gasteiger partial charge is 0.285 e. The molecule has 0 rings (SSSR count). The van der Waals surface area contributed by atoms with Gasteiger partial charge in [-0.2, -0.15) is 16.8 Å². The van der Waals surface area contributed by atoms with Crippen LogP contribution >= 0.6 is 0 Å². The van der Waals surface area contributed by atoms with Crippen LogP contribution in [0.3, 0.4) is 0 Å². The van der Waals surface area contributed by atoms with Gasteiger partial charge in [0.15, 0.2) is 0 Å². The molecule has 0 amide bonds. The van der Waals surface area contributed by atoms with E-state index in [-0.39, 0.29) is 5.41 Å². The first kappa shape index (κ1) is 10.6. The molecule has 0 aliphatic rings. The summed E-state index contributed by atoms with van der Waals surface area (Å²) in [6, 6.07) is 0. The van der Waals surface area contributed by atoms with Crippen molar-refractivity contribution in [1.82, 2.24) is 0 Å². The van der Waals surface area contributed by atoms with Crippen molar-refractivity contribution in [3.8, 4) is 0 Å². The monoisotopic (exact) mass is 202 g/mol. The minimum Gasteiger partial charge on any atom is -0.285 e. The van der Waals surface area contributed by atoms with Gasteiger partial charge in [0.05, 0.1) is 11.2 Å². The Hall–Kier alpha value is -0.440. The normalized spacial score (nSPS) is 14.0. The van der Waals surface area contributed by atoms with Crippen LogP contribution in [0.15, 0.2) is 11.5 Å². The van der Waals surface area contributed by atoms with Gasteiger partial charge in [-0.1, -0.05) is 6.08 Å². The van der Waals surface area contributed by atoms with Crippen LogP contribution in [0, 0.1) is 0 Å². The number of hydrogen-bond donors (Lipinski definition) is 2. The van der Waals surface area contributed by atoms with E-state index in [0.717, 1.165) is 0 Å². The molecule has 8 heteroatoms. The molecule has 0 aromatic heterocycles. The molecule has 0 saturated carbocycles. The molecule has 0 saturated heterocycles. The van der Waals surface area contributed by atoms with Crippen molar-refractivity contribution in [3.05, 3.63) is 11.5 Å². The Kier molecular flexibility index (Phi) is 3.17. The lowest BCUT2D eigenvalue weighted by atomic mass is 10.8. The quantitative estimate of drug-likeness (QED) is 0.584. The molecule has 0 radical (unpaired) electrons. The van der Waals surface area contributed by atoms with Crippen molar-refractivity contribution < 1.29 is 25.9 Å². The first-order valence-corrected chi connectivity index (χ1v) is 5.41. The molecule has 0 atom stereocenters. The van der Waals surface area contributed by atoms with E-state index in [0.29, 0.717) is 6.08 Å². The Balaban J connectivity index is 4.23. The highest BCUT2D eigenvalue weighted by molar-refractivity contribution is 7.89. The van der Waals surface area contributed by atoms with Crippen molar-refractivity contribution in [2.45, 2.75) is 0 Å². The van der Waals surface area contributed by atoms with Crippen molar-refractivity contribution in [1.29, 1.82) is 0 Å². The van der Waals surface area contributed by atoms with Crippen LogP contribution in [0.1, 0.15) is 0 Å². The van der Waals surface area contributed by atoms with E-state index in [2.05, 4.69) is 0 Å². The molecule has 0 aliphatic carbocycles. The molecule has 0 bridgehead atoms. The van der Waals surface area contributed by atoms with Crippen LogP contribution in [-0.4, -0.2) is 31.7 Å². The van der Waals surface area contributed by atoms with Crippen LogP contribution in [0.4, 0.5) is 0 Å². The Morgan fingerprint density at radius 1 is 1.09 bits per heavy atom. The van der Waals surface area contributed by atoms with Gasteiger partial charge < -0.3 is 0 Å². The van der Waals surface area contributed by atoms with Crippen LogP contribution in [-0.2, 0) is 20.2 Å². The highest BCUT2D eigenvalue weighted by Crippen LogP contribution is 1.88. The average Bonchev–Trinajstić information content (AvgIpc) is 1.55. The van der Waals surface area contributed by atoms with Crippen molar-refractivity contribution >= 4 is 20.2 Å². The molecule has 2 N–H and O–H groups in total. The first-order valence-electron chi connectivity index (χ1n) is 2.30. The second-order valence-corrected chi connectivity index (χ2v) is 4.43. The zero-order valence-corrected chi connectivity index (χ0v) is 6.84. The fraction of sp³-hybridized carbons (Fsp3) is 0.333. The van der Waals surface area contributed by atoms with Crippen LogP contribution in [0.2, 0.25) is 0 Å². The Morgan fingerprint density at radius 3 is 1.82 bits per heavy atom. The maximum atomic E-state index is 9.94. The molecular formula is C3H6O6S2. The Bertz CT molecular complexity index is 332. The second kappa shape index (κ2) is 3.30. The molecule has 0 aromatic carbocycles. The van der Waals surface area contributed by atoms with Gasteiger partial charge >= 0.3 is 0 Å². The van der Waals surface area contributed by atoms with Crippen LogP contribution in [0.5, 0.6) is 0 Å². The third-order valence-electron chi connectivity index (χ3n) is 0.575. The molecule has 0 aliphatic heterocycles. The van der Waals surface area contributed by atoms with Crippen LogP contribution < -0.4 is 0 Å². The van der Waals surface area contributed by atoms with E-state index >= 15 is 0 Å². The zero-order chi connectivity index (χ0) is 9.12. The van der Waals surface area contributed by atoms with Crippen LogP contribution in [0.25, 0.3) is 0 Å². The summed E-state index contributed by atoms with van der Waals surface area (Å²) in [6.45, 7) is 0. The van der Waals surface area contributed by atoms with E-state index in [9.17, 15) is 16.8 Å². The maximum absolute atomic E-state index is 9.94. The molecule has 66 valence electrons. The number of hydrogen-bond acceptors (Lipinski definition) is 4. The third kappa shape index (κ3) is 9.56. The average molecular weight is 202 g/mol. The van der Waals surface area contributed by atoms with Gasteiger partial charge in [0, 0.05) is 0 Å². The summed E-state index contributed by atoms with van der Waals surface area (Å²) in [6.07, 6.45) is 0.616. The van der Waals surface area contributed by atoms with E-state index in [1.54, 1.807) is 0 Å². The molecule has 0 heterocycles. The summed E-state index contributed by atoms with van der Waals surface area (Å²) in [4.78, 5) is 0. The van der Waals surface area contributed by atoms with Gasteiger partial charge in [0.1, 0.15) is 0 Å². The van der Waals surface area contributed by atoms with E-state index in [1.165, 1.54) is 0 Å². The topological polar surface area (TPSA) is 109 Å². The van der Waals surface area contributed by atoms with E-state index < -0.39 is 26.0 Å². The predicted molar refractivity (Wildman–Crippen MR) is 37.1 cm³/mol. The summed E-state index contributed by atoms with van der Waals surface area (Å²) in [5, 5.41) is 0.279. The molecule has 11 heavy (non-hydrogen) atoms. The van der Waals surface area contributed by atoms with Gasteiger partial charge in [0.2, 0.25) is 0 Å². The van der Waals surface area contributed by atoms with Gasteiger partial charge in [-0.3, -0.25) is 9.11 Å². The predicted octanol–water partition coefficient (Wildman–Crippen LogP) is -0.724. The Labute approximate surface area is 64.0 Å². The molecule has 6 nitrogen and oxygen atoms in total. The minimum atomic E-state index is -4.30. The van der Waals surface area contributed by atoms with E-state index in [4.69, 9.17) is 9.11 Å². The molecular weight excluding hydrogens is 196 g/mol. The molecule has 0 fully saturated rings. The third-order valence-corrected chi connectivity index (χ3v) is 1.73. The second-order valence-electron chi connectivity index (χ2n) is 1.64. The largest absolute Gasteiger partial charge is 0.287 e. The fourth-order valence-electron chi connectivity index (χ4n) is 0.282. The highest BCUT2D eigenvalue weighted by Gasteiger charge is 2.01. The number of rotatable bonds is 3.